The molecule has 0 unspecified atom stereocenters. The van der Waals surface area contributed by atoms with E-state index in [0.29, 0.717) is 6.32 Å². The van der Waals surface area contributed by atoms with E-state index in [-0.39, 0.29) is 0 Å². The fourth-order valence-electron chi connectivity index (χ4n) is 1.48. The Bertz CT molecular complexity index is 377. The van der Waals surface area contributed by atoms with Gasteiger partial charge in [-0.1, -0.05) is 30.9 Å². The van der Waals surface area contributed by atoms with E-state index < -0.39 is 11.7 Å². The fourth-order valence-corrected chi connectivity index (χ4v) is 1.48. The van der Waals surface area contributed by atoms with Crippen molar-refractivity contribution < 1.29 is 13.2 Å². The Morgan fingerprint density at radius 1 is 1.24 bits per heavy atom. The third-order valence-corrected chi connectivity index (χ3v) is 2.53. The molecule has 0 fully saturated rings. The van der Waals surface area contributed by atoms with E-state index in [1.54, 1.807) is 0 Å². The summed E-state index contributed by atoms with van der Waals surface area (Å²) in [4.78, 5) is 0. The highest BCUT2D eigenvalue weighted by atomic mass is 19.4. The van der Waals surface area contributed by atoms with Crippen molar-refractivity contribution in [3.8, 4) is 0 Å². The maximum absolute atomic E-state index is 12.3. The van der Waals surface area contributed by atoms with Gasteiger partial charge in [0.05, 0.1) is 13.4 Å². The predicted octanol–water partition coefficient (Wildman–Crippen LogP) is 4.48. The van der Waals surface area contributed by atoms with Gasteiger partial charge in [0, 0.05) is 0 Å². The zero-order valence-electron chi connectivity index (χ0n) is 9.72. The van der Waals surface area contributed by atoms with Gasteiger partial charge in [-0.25, -0.2) is 0 Å². The summed E-state index contributed by atoms with van der Waals surface area (Å²) < 4.78 is 37.0. The molecule has 0 saturated carbocycles. The van der Waals surface area contributed by atoms with Gasteiger partial charge in [-0.05, 0) is 36.6 Å². The summed E-state index contributed by atoms with van der Waals surface area (Å²) in [6.07, 6.45) is 0.0866. The largest absolute Gasteiger partial charge is 0.416 e. The Kier molecular flexibility index (Phi) is 4.85. The van der Waals surface area contributed by atoms with Crippen LogP contribution in [-0.4, -0.2) is 7.85 Å². The summed E-state index contributed by atoms with van der Waals surface area (Å²) in [7, 11) is 5.37. The second-order valence-electron chi connectivity index (χ2n) is 3.89. The van der Waals surface area contributed by atoms with Crippen LogP contribution in [0.15, 0.2) is 30.3 Å². The highest BCUT2D eigenvalue weighted by Crippen LogP contribution is 2.30. The van der Waals surface area contributed by atoms with Crippen molar-refractivity contribution in [1.29, 1.82) is 0 Å². The molecule has 0 amide bonds. The Labute approximate surface area is 101 Å². The standard InChI is InChI=1S/C13H14BF3/c1-10(4-2-3-9-14)11-5-7-12(8-6-11)13(15,16)17/h4-8H,2-3,9H2,1H3/b10-4-. The molecule has 0 heterocycles. The number of benzene rings is 1. The molecular formula is C13H14BF3. The summed E-state index contributed by atoms with van der Waals surface area (Å²) >= 11 is 0. The molecule has 1 aromatic rings. The minimum atomic E-state index is -4.27. The molecule has 0 saturated heterocycles. The lowest BCUT2D eigenvalue weighted by molar-refractivity contribution is -0.137. The van der Waals surface area contributed by atoms with Crippen LogP contribution in [0.4, 0.5) is 13.2 Å². The quantitative estimate of drug-likeness (QED) is 0.536. The van der Waals surface area contributed by atoms with E-state index in [1.807, 2.05) is 13.0 Å². The minimum Gasteiger partial charge on any atom is -0.166 e. The van der Waals surface area contributed by atoms with Gasteiger partial charge in [0.15, 0.2) is 0 Å². The normalized spacial score (nSPS) is 12.8. The molecule has 0 aromatic heterocycles. The van der Waals surface area contributed by atoms with E-state index in [4.69, 9.17) is 7.85 Å². The molecule has 90 valence electrons. The lowest BCUT2D eigenvalue weighted by atomic mass is 9.98. The molecule has 0 spiro atoms. The molecular weight excluding hydrogens is 224 g/mol. The molecule has 1 rings (SSSR count). The summed E-state index contributed by atoms with van der Waals surface area (Å²) in [5.41, 5.74) is 1.18. The van der Waals surface area contributed by atoms with Crippen molar-refractivity contribution in [1.82, 2.24) is 0 Å². The second kappa shape index (κ2) is 5.94. The molecule has 2 radical (unpaired) electrons. The van der Waals surface area contributed by atoms with Crippen molar-refractivity contribution in [2.24, 2.45) is 0 Å². The Balaban J connectivity index is 2.77. The first kappa shape index (κ1) is 13.9. The Morgan fingerprint density at radius 3 is 2.29 bits per heavy atom. The monoisotopic (exact) mass is 238 g/mol. The van der Waals surface area contributed by atoms with Crippen LogP contribution in [0.5, 0.6) is 0 Å². The van der Waals surface area contributed by atoms with Gasteiger partial charge in [0.25, 0.3) is 0 Å². The molecule has 17 heavy (non-hydrogen) atoms. The molecule has 0 atom stereocenters. The van der Waals surface area contributed by atoms with Gasteiger partial charge in [-0.3, -0.25) is 0 Å². The van der Waals surface area contributed by atoms with Gasteiger partial charge >= 0.3 is 6.18 Å². The molecule has 4 heteroatoms. The zero-order chi connectivity index (χ0) is 12.9. The summed E-state index contributed by atoms with van der Waals surface area (Å²) in [5, 5.41) is 0. The van der Waals surface area contributed by atoms with Crippen molar-refractivity contribution >= 4 is 13.4 Å². The summed E-state index contributed by atoms with van der Waals surface area (Å²) in [5.74, 6) is 0. The van der Waals surface area contributed by atoms with E-state index in [1.165, 1.54) is 12.1 Å². The number of hydrogen-bond acceptors (Lipinski definition) is 0. The lowest BCUT2D eigenvalue weighted by Crippen LogP contribution is -2.04. The average Bonchev–Trinajstić information content (AvgIpc) is 2.28. The fraction of sp³-hybridized carbons (Fsp3) is 0.385. The van der Waals surface area contributed by atoms with Crippen LogP contribution in [-0.2, 0) is 6.18 Å². The van der Waals surface area contributed by atoms with Crippen molar-refractivity contribution in [3.05, 3.63) is 41.5 Å². The van der Waals surface area contributed by atoms with Crippen LogP contribution < -0.4 is 0 Å². The first-order chi connectivity index (χ1) is 7.95. The SMILES string of the molecule is [B]CCC/C=C(/C)c1ccc(C(F)(F)F)cc1. The van der Waals surface area contributed by atoms with E-state index in [2.05, 4.69) is 0 Å². The smallest absolute Gasteiger partial charge is 0.166 e. The van der Waals surface area contributed by atoms with Crippen molar-refractivity contribution in [2.75, 3.05) is 0 Å². The number of halogens is 3. The van der Waals surface area contributed by atoms with Gasteiger partial charge in [-0.15, -0.1) is 0 Å². The van der Waals surface area contributed by atoms with Crippen molar-refractivity contribution in [2.45, 2.75) is 32.3 Å². The highest BCUT2D eigenvalue weighted by Gasteiger charge is 2.29. The van der Waals surface area contributed by atoms with Crippen LogP contribution in [0.1, 0.15) is 30.9 Å². The van der Waals surface area contributed by atoms with Crippen LogP contribution >= 0.6 is 0 Å². The first-order valence-corrected chi connectivity index (χ1v) is 5.49. The molecule has 0 nitrogen and oxygen atoms in total. The first-order valence-electron chi connectivity index (χ1n) is 5.49. The maximum atomic E-state index is 12.3. The van der Waals surface area contributed by atoms with Crippen LogP contribution in [0.3, 0.4) is 0 Å². The molecule has 1 aromatic carbocycles. The summed E-state index contributed by atoms with van der Waals surface area (Å²) in [6.45, 7) is 1.89. The van der Waals surface area contributed by atoms with Crippen LogP contribution in [0.2, 0.25) is 6.32 Å². The number of hydrogen-bond donors (Lipinski definition) is 0. The summed E-state index contributed by atoms with van der Waals surface area (Å²) in [6, 6.07) is 5.21. The van der Waals surface area contributed by atoms with Gasteiger partial charge in [-0.2, -0.15) is 13.2 Å². The van der Waals surface area contributed by atoms with Crippen molar-refractivity contribution in [3.63, 3.8) is 0 Å². The molecule has 0 bridgehead atoms. The molecule has 0 N–H and O–H groups in total. The predicted molar refractivity (Wildman–Crippen MR) is 64.9 cm³/mol. The van der Waals surface area contributed by atoms with E-state index >= 15 is 0 Å². The Hall–Kier alpha value is -1.19. The third-order valence-electron chi connectivity index (χ3n) is 2.53. The Morgan fingerprint density at radius 2 is 1.82 bits per heavy atom. The van der Waals surface area contributed by atoms with Crippen LogP contribution in [0, 0.1) is 0 Å². The number of allylic oxidation sites excluding steroid dienone is 2. The lowest BCUT2D eigenvalue weighted by Gasteiger charge is -2.08. The van der Waals surface area contributed by atoms with Gasteiger partial charge in [0.2, 0.25) is 0 Å². The van der Waals surface area contributed by atoms with Gasteiger partial charge in [0.1, 0.15) is 0 Å². The number of alkyl halides is 3. The van der Waals surface area contributed by atoms with E-state index in [9.17, 15) is 13.2 Å². The maximum Gasteiger partial charge on any atom is 0.416 e. The highest BCUT2D eigenvalue weighted by molar-refractivity contribution is 6.08. The number of unbranched alkanes of at least 4 members (excludes halogenated alkanes) is 1. The molecule has 0 aliphatic carbocycles. The average molecular weight is 238 g/mol. The van der Waals surface area contributed by atoms with Gasteiger partial charge < -0.3 is 0 Å². The molecule has 0 aliphatic heterocycles. The minimum absolute atomic E-state index is 0.615. The second-order valence-corrected chi connectivity index (χ2v) is 3.89. The van der Waals surface area contributed by atoms with E-state index in [0.717, 1.165) is 36.1 Å². The number of rotatable bonds is 4. The topological polar surface area (TPSA) is 0 Å². The third kappa shape index (κ3) is 4.29. The molecule has 0 aliphatic rings. The zero-order valence-corrected chi connectivity index (χ0v) is 9.72. The van der Waals surface area contributed by atoms with Crippen LogP contribution in [0.25, 0.3) is 5.57 Å².